The third kappa shape index (κ3) is 2.34. The molecule has 0 saturated carbocycles. The van der Waals surface area contributed by atoms with Crippen molar-refractivity contribution in [3.05, 3.63) is 89.0 Å². The van der Waals surface area contributed by atoms with Gasteiger partial charge in [0.2, 0.25) is 11.8 Å². The molecule has 7 heteroatoms. The van der Waals surface area contributed by atoms with Crippen LogP contribution in [0.15, 0.2) is 61.1 Å². The highest BCUT2D eigenvalue weighted by atomic mass is 16.4. The van der Waals surface area contributed by atoms with Crippen molar-refractivity contribution in [2.75, 3.05) is 0 Å². The minimum atomic E-state index is -1.27. The Balaban J connectivity index is 1.49. The van der Waals surface area contributed by atoms with Crippen LogP contribution >= 0.6 is 0 Å². The van der Waals surface area contributed by atoms with Crippen molar-refractivity contribution in [3.63, 3.8) is 0 Å². The summed E-state index contributed by atoms with van der Waals surface area (Å²) in [7, 11) is 0. The Morgan fingerprint density at radius 2 is 1.42 bits per heavy atom. The van der Waals surface area contributed by atoms with E-state index in [9.17, 15) is 19.5 Å². The lowest BCUT2D eigenvalue weighted by Gasteiger charge is -2.45. The molecule has 1 fully saturated rings. The molecule has 2 amide bonds. The van der Waals surface area contributed by atoms with Gasteiger partial charge in [-0.05, 0) is 22.3 Å². The van der Waals surface area contributed by atoms with Crippen LogP contribution < -0.4 is 0 Å². The zero-order chi connectivity index (χ0) is 21.3. The van der Waals surface area contributed by atoms with Crippen LogP contribution in [0, 0.1) is 11.8 Å². The third-order valence-corrected chi connectivity index (χ3v) is 7.05. The van der Waals surface area contributed by atoms with Crippen molar-refractivity contribution in [1.29, 1.82) is 0 Å². The number of aliphatic carboxylic acids is 1. The van der Waals surface area contributed by atoms with Gasteiger partial charge in [0.15, 0.2) is 0 Å². The fraction of sp³-hybridized carbons (Fsp3) is 0.250. The fourth-order valence-electron chi connectivity index (χ4n) is 5.90. The van der Waals surface area contributed by atoms with E-state index in [2.05, 4.69) is 9.97 Å². The molecule has 3 atom stereocenters. The maximum Gasteiger partial charge on any atom is 0.327 e. The Hall–Kier alpha value is -3.74. The molecule has 0 spiro atoms. The molecule has 0 radical (unpaired) electrons. The summed E-state index contributed by atoms with van der Waals surface area (Å²) in [5.41, 5.74) is 4.83. The van der Waals surface area contributed by atoms with Gasteiger partial charge in [0.1, 0.15) is 6.04 Å². The van der Waals surface area contributed by atoms with Gasteiger partial charge in [-0.25, -0.2) is 9.78 Å². The van der Waals surface area contributed by atoms with Crippen LogP contribution in [0.25, 0.3) is 0 Å². The molecule has 7 rings (SSSR count). The van der Waals surface area contributed by atoms with Crippen LogP contribution in [0.1, 0.15) is 39.8 Å². The molecular formula is C24H19N3O4. The van der Waals surface area contributed by atoms with Crippen molar-refractivity contribution < 1.29 is 19.5 Å². The summed E-state index contributed by atoms with van der Waals surface area (Å²) in [6, 6.07) is 14.7. The summed E-state index contributed by atoms with van der Waals surface area (Å²) < 4.78 is 0. The maximum atomic E-state index is 13.6. The van der Waals surface area contributed by atoms with Crippen LogP contribution in [0.5, 0.6) is 0 Å². The number of carbonyl (C=O) groups is 3. The first-order valence-corrected chi connectivity index (χ1v) is 10.3. The van der Waals surface area contributed by atoms with E-state index in [0.29, 0.717) is 5.69 Å². The number of amides is 2. The average molecular weight is 413 g/mol. The maximum absolute atomic E-state index is 13.6. The summed E-state index contributed by atoms with van der Waals surface area (Å²) in [6.45, 7) is 0. The first-order valence-electron chi connectivity index (χ1n) is 10.3. The van der Waals surface area contributed by atoms with E-state index in [4.69, 9.17) is 0 Å². The van der Waals surface area contributed by atoms with Gasteiger partial charge in [-0.1, -0.05) is 48.5 Å². The second-order valence-corrected chi connectivity index (χ2v) is 8.45. The van der Waals surface area contributed by atoms with E-state index in [-0.39, 0.29) is 30.1 Å². The topological polar surface area (TPSA) is 103 Å². The van der Waals surface area contributed by atoms with Crippen LogP contribution in [0.4, 0.5) is 0 Å². The van der Waals surface area contributed by atoms with Crippen LogP contribution in [0.2, 0.25) is 0 Å². The first-order chi connectivity index (χ1) is 15.1. The van der Waals surface area contributed by atoms with E-state index in [1.54, 1.807) is 0 Å². The van der Waals surface area contributed by atoms with Gasteiger partial charge in [-0.3, -0.25) is 14.5 Å². The van der Waals surface area contributed by atoms with E-state index < -0.39 is 23.8 Å². The zero-order valence-electron chi connectivity index (χ0n) is 16.4. The lowest BCUT2D eigenvalue weighted by molar-refractivity contribution is -0.155. The van der Waals surface area contributed by atoms with Crippen molar-refractivity contribution in [2.45, 2.75) is 24.3 Å². The van der Waals surface area contributed by atoms with Crippen molar-refractivity contribution in [2.24, 2.45) is 11.8 Å². The second kappa shape index (κ2) is 6.38. The molecule has 4 aliphatic rings. The highest BCUT2D eigenvalue weighted by molar-refractivity contribution is 6.10. The number of aromatic nitrogens is 2. The number of benzene rings is 2. The normalized spacial score (nSPS) is 26.4. The number of imidazole rings is 1. The van der Waals surface area contributed by atoms with Crippen LogP contribution in [-0.2, 0) is 20.8 Å². The van der Waals surface area contributed by atoms with Gasteiger partial charge in [-0.15, -0.1) is 0 Å². The molecule has 2 bridgehead atoms. The number of hydrogen-bond donors (Lipinski definition) is 2. The van der Waals surface area contributed by atoms with Gasteiger partial charge < -0.3 is 10.1 Å². The molecule has 1 aromatic heterocycles. The Bertz CT molecular complexity index is 1120. The molecule has 7 nitrogen and oxygen atoms in total. The van der Waals surface area contributed by atoms with E-state index >= 15 is 0 Å². The standard InChI is InChI=1S/C24H19N3O4/c28-22-20-18-13-5-1-2-6-14(13)19(16-8-4-3-7-15(16)18)21(20)23(29)27(22)17(24(30)31)9-12-10-25-11-26-12/h1-8,10-11,17-21H,9H2,(H,25,26)(H,30,31)/t17-,18?,19?,20+,21+/m1/s1. The Morgan fingerprint density at radius 3 is 1.81 bits per heavy atom. The number of nitrogens with one attached hydrogen (secondary N) is 1. The summed E-state index contributed by atoms with van der Waals surface area (Å²) in [5, 5.41) is 9.92. The van der Waals surface area contributed by atoms with Crippen LogP contribution in [0.3, 0.4) is 0 Å². The Morgan fingerprint density at radius 1 is 0.935 bits per heavy atom. The molecule has 3 aliphatic carbocycles. The second-order valence-electron chi connectivity index (χ2n) is 8.45. The minimum absolute atomic E-state index is 0.00147. The van der Waals surface area contributed by atoms with Crippen molar-refractivity contribution >= 4 is 17.8 Å². The largest absolute Gasteiger partial charge is 0.480 e. The SMILES string of the molecule is O=C(O)[C@@H](Cc1cnc[nH]1)N1C(=O)[C@H]2C3c4ccccc4C(c4ccccc43)[C@@H]2C1=O. The predicted molar refractivity (Wildman–Crippen MR) is 109 cm³/mol. The number of carboxylic acids is 1. The number of aromatic amines is 1. The molecule has 2 aromatic carbocycles. The predicted octanol–water partition coefficient (Wildman–Crippen LogP) is 2.30. The Kier molecular flexibility index (Phi) is 3.72. The lowest BCUT2D eigenvalue weighted by atomic mass is 9.55. The van der Waals surface area contributed by atoms with Crippen molar-refractivity contribution in [3.8, 4) is 0 Å². The lowest BCUT2D eigenvalue weighted by Crippen LogP contribution is -2.47. The fourth-order valence-corrected chi connectivity index (χ4v) is 5.90. The molecular weight excluding hydrogens is 394 g/mol. The van der Waals surface area contributed by atoms with Gasteiger partial charge in [0.25, 0.3) is 0 Å². The minimum Gasteiger partial charge on any atom is -0.480 e. The number of rotatable bonds is 4. The number of carbonyl (C=O) groups excluding carboxylic acids is 2. The van der Waals surface area contributed by atoms with Crippen molar-refractivity contribution in [1.82, 2.24) is 14.9 Å². The summed E-state index contributed by atoms with van der Waals surface area (Å²) in [5.74, 6) is -3.62. The molecule has 2 N–H and O–H groups in total. The monoisotopic (exact) mass is 413 g/mol. The summed E-state index contributed by atoms with van der Waals surface area (Å²) in [4.78, 5) is 47.3. The number of H-pyrrole nitrogens is 1. The van der Waals surface area contributed by atoms with Gasteiger partial charge in [0.05, 0.1) is 18.2 Å². The number of carboxylic acid groups (broad SMARTS) is 1. The van der Waals surface area contributed by atoms with E-state index in [1.165, 1.54) is 12.5 Å². The van der Waals surface area contributed by atoms with Crippen LogP contribution in [-0.4, -0.2) is 43.8 Å². The Labute approximate surface area is 177 Å². The van der Waals surface area contributed by atoms with Gasteiger partial charge in [0, 0.05) is 30.1 Å². The summed E-state index contributed by atoms with van der Waals surface area (Å²) in [6.07, 6.45) is 2.97. The first kappa shape index (κ1) is 18.1. The molecule has 154 valence electrons. The van der Waals surface area contributed by atoms with E-state index in [1.807, 2.05) is 48.5 Å². The molecule has 0 unspecified atom stereocenters. The number of nitrogens with zero attached hydrogens (tertiary/aromatic N) is 2. The smallest absolute Gasteiger partial charge is 0.327 e. The molecule has 1 aliphatic heterocycles. The molecule has 1 saturated heterocycles. The number of imide groups is 1. The van der Waals surface area contributed by atoms with Gasteiger partial charge >= 0.3 is 5.97 Å². The van der Waals surface area contributed by atoms with E-state index in [0.717, 1.165) is 27.2 Å². The molecule has 2 heterocycles. The molecule has 31 heavy (non-hydrogen) atoms. The quantitative estimate of drug-likeness (QED) is 0.639. The third-order valence-electron chi connectivity index (χ3n) is 7.05. The number of hydrogen-bond acceptors (Lipinski definition) is 4. The van der Waals surface area contributed by atoms with Gasteiger partial charge in [-0.2, -0.15) is 0 Å². The zero-order valence-corrected chi connectivity index (χ0v) is 16.4. The average Bonchev–Trinajstić information content (AvgIpc) is 3.39. The number of likely N-dealkylation sites (tertiary alicyclic amines) is 1. The molecule has 3 aromatic rings. The summed E-state index contributed by atoms with van der Waals surface area (Å²) >= 11 is 0. The highest BCUT2D eigenvalue weighted by Gasteiger charge is 2.63. The highest BCUT2D eigenvalue weighted by Crippen LogP contribution is 2.61.